The van der Waals surface area contributed by atoms with Gasteiger partial charge in [0.1, 0.15) is 0 Å². The van der Waals surface area contributed by atoms with Gasteiger partial charge in [0.15, 0.2) is 0 Å². The van der Waals surface area contributed by atoms with Crippen LogP contribution < -0.4 is 5.32 Å². The molecule has 3 rings (SSSR count). The van der Waals surface area contributed by atoms with Crippen molar-refractivity contribution in [2.45, 2.75) is 45.4 Å². The van der Waals surface area contributed by atoms with Crippen molar-refractivity contribution >= 4 is 5.91 Å². The van der Waals surface area contributed by atoms with Crippen molar-refractivity contribution in [2.75, 3.05) is 39.3 Å². The lowest BCUT2D eigenvalue weighted by atomic mass is 9.97. The Hall–Kier alpha value is -1.43. The van der Waals surface area contributed by atoms with Gasteiger partial charge in [0.25, 0.3) is 0 Å². The van der Waals surface area contributed by atoms with Crippen LogP contribution in [0, 0.1) is 0 Å². The molecule has 1 N–H and O–H groups in total. The summed E-state index contributed by atoms with van der Waals surface area (Å²) in [6.45, 7) is 11.6. The van der Waals surface area contributed by atoms with E-state index in [0.29, 0.717) is 0 Å². The topological polar surface area (TPSA) is 44.8 Å². The second-order valence-corrected chi connectivity index (χ2v) is 7.48. The Balaban J connectivity index is 1.51. The molecular formula is C20H31N3O2. The number of ether oxygens (including phenoxy) is 1. The standard InChI is InChI=1S/C20H31N3O2/c1-15(2)21-20(24)16(3)23-11-9-22(10-12-23)14-19-18-7-5-4-6-17(18)8-13-25-19/h4-7,15-16,19H,8-14H2,1-3H3,(H,21,24)/t16-,19-/m0/s1. The van der Waals surface area contributed by atoms with Crippen molar-refractivity contribution in [3.05, 3.63) is 35.4 Å². The summed E-state index contributed by atoms with van der Waals surface area (Å²) in [5, 5.41) is 3.01. The molecule has 0 aliphatic carbocycles. The average molecular weight is 345 g/mol. The molecule has 0 radical (unpaired) electrons. The molecule has 5 heteroatoms. The van der Waals surface area contributed by atoms with Crippen LogP contribution in [0.1, 0.15) is 38.0 Å². The van der Waals surface area contributed by atoms with E-state index in [1.54, 1.807) is 0 Å². The molecule has 2 aliphatic heterocycles. The highest BCUT2D eigenvalue weighted by molar-refractivity contribution is 5.81. The van der Waals surface area contributed by atoms with Gasteiger partial charge in [-0.15, -0.1) is 0 Å². The summed E-state index contributed by atoms with van der Waals surface area (Å²) >= 11 is 0. The monoisotopic (exact) mass is 345 g/mol. The second-order valence-electron chi connectivity index (χ2n) is 7.48. The van der Waals surface area contributed by atoms with Gasteiger partial charge in [-0.25, -0.2) is 0 Å². The van der Waals surface area contributed by atoms with Crippen molar-refractivity contribution in [1.29, 1.82) is 0 Å². The molecular weight excluding hydrogens is 314 g/mol. The summed E-state index contributed by atoms with van der Waals surface area (Å²) in [6.07, 6.45) is 1.20. The lowest BCUT2D eigenvalue weighted by molar-refractivity contribution is -0.127. The molecule has 2 heterocycles. The third kappa shape index (κ3) is 4.60. The third-order valence-electron chi connectivity index (χ3n) is 5.28. The number of hydrogen-bond acceptors (Lipinski definition) is 4. The zero-order chi connectivity index (χ0) is 17.8. The number of fused-ring (bicyclic) bond motifs is 1. The molecule has 1 amide bonds. The third-order valence-corrected chi connectivity index (χ3v) is 5.28. The van der Waals surface area contributed by atoms with Crippen molar-refractivity contribution in [3.8, 4) is 0 Å². The smallest absolute Gasteiger partial charge is 0.237 e. The number of carbonyl (C=O) groups excluding carboxylic acids is 1. The highest BCUT2D eigenvalue weighted by Gasteiger charge is 2.28. The molecule has 1 fully saturated rings. The van der Waals surface area contributed by atoms with Crippen LogP contribution in [0.3, 0.4) is 0 Å². The summed E-state index contributed by atoms with van der Waals surface area (Å²) in [5.41, 5.74) is 2.78. The lowest BCUT2D eigenvalue weighted by Crippen LogP contribution is -2.55. The normalized spacial score (nSPS) is 23.3. The summed E-state index contributed by atoms with van der Waals surface area (Å²) in [7, 11) is 0. The molecule has 0 bridgehead atoms. The van der Waals surface area contributed by atoms with E-state index < -0.39 is 0 Å². The first kappa shape index (κ1) is 18.4. The molecule has 5 nitrogen and oxygen atoms in total. The van der Waals surface area contributed by atoms with Crippen molar-refractivity contribution in [3.63, 3.8) is 0 Å². The maximum absolute atomic E-state index is 12.2. The largest absolute Gasteiger partial charge is 0.372 e. The minimum atomic E-state index is -0.0591. The molecule has 138 valence electrons. The van der Waals surface area contributed by atoms with Gasteiger partial charge in [-0.1, -0.05) is 24.3 Å². The maximum atomic E-state index is 12.2. The van der Waals surface area contributed by atoms with E-state index in [-0.39, 0.29) is 24.1 Å². The van der Waals surface area contributed by atoms with Crippen LogP contribution >= 0.6 is 0 Å². The van der Waals surface area contributed by atoms with Gasteiger partial charge in [-0.05, 0) is 38.3 Å². The fourth-order valence-electron chi connectivity index (χ4n) is 3.77. The van der Waals surface area contributed by atoms with Crippen molar-refractivity contribution in [1.82, 2.24) is 15.1 Å². The molecule has 2 atom stereocenters. The average Bonchev–Trinajstić information content (AvgIpc) is 2.61. The Morgan fingerprint density at radius 3 is 2.64 bits per heavy atom. The van der Waals surface area contributed by atoms with E-state index in [9.17, 15) is 4.79 Å². The van der Waals surface area contributed by atoms with E-state index >= 15 is 0 Å². The predicted octanol–water partition coefficient (Wildman–Crippen LogP) is 1.83. The maximum Gasteiger partial charge on any atom is 0.237 e. The molecule has 0 spiro atoms. The van der Waals surface area contributed by atoms with E-state index in [2.05, 4.69) is 39.4 Å². The molecule has 0 aromatic heterocycles. The van der Waals surface area contributed by atoms with Gasteiger partial charge in [0.2, 0.25) is 5.91 Å². The molecule has 1 aromatic rings. The van der Waals surface area contributed by atoms with Crippen LogP contribution in [0.25, 0.3) is 0 Å². The molecule has 1 aromatic carbocycles. The van der Waals surface area contributed by atoms with Crippen LogP contribution in [0.2, 0.25) is 0 Å². The minimum absolute atomic E-state index is 0.0591. The Morgan fingerprint density at radius 1 is 1.20 bits per heavy atom. The van der Waals surface area contributed by atoms with Crippen LogP contribution in [-0.2, 0) is 16.0 Å². The second kappa shape index (κ2) is 8.30. The Bertz CT molecular complexity index is 582. The Labute approximate surface area is 151 Å². The number of carbonyl (C=O) groups is 1. The van der Waals surface area contributed by atoms with Crippen LogP contribution in [0.4, 0.5) is 0 Å². The van der Waals surface area contributed by atoms with E-state index in [1.807, 2.05) is 20.8 Å². The summed E-state index contributed by atoms with van der Waals surface area (Å²) in [4.78, 5) is 17.0. The van der Waals surface area contributed by atoms with Gasteiger partial charge >= 0.3 is 0 Å². The molecule has 1 saturated heterocycles. The van der Waals surface area contributed by atoms with Gasteiger partial charge in [0, 0.05) is 38.8 Å². The zero-order valence-corrected chi connectivity index (χ0v) is 15.7. The minimum Gasteiger partial charge on any atom is -0.372 e. The fraction of sp³-hybridized carbons (Fsp3) is 0.650. The van der Waals surface area contributed by atoms with Crippen LogP contribution in [-0.4, -0.2) is 67.1 Å². The SMILES string of the molecule is CC(C)NC(=O)[C@H](C)N1CCN(C[C@@H]2OCCc3ccccc32)CC1. The van der Waals surface area contributed by atoms with Crippen molar-refractivity contribution < 1.29 is 9.53 Å². The highest BCUT2D eigenvalue weighted by Crippen LogP contribution is 2.28. The van der Waals surface area contributed by atoms with Gasteiger partial charge in [-0.3, -0.25) is 14.6 Å². The van der Waals surface area contributed by atoms with E-state index in [4.69, 9.17) is 4.74 Å². The van der Waals surface area contributed by atoms with Gasteiger partial charge < -0.3 is 10.1 Å². The van der Waals surface area contributed by atoms with Crippen LogP contribution in [0.15, 0.2) is 24.3 Å². The predicted molar refractivity (Wildman–Crippen MR) is 99.6 cm³/mol. The molecule has 0 saturated carbocycles. The number of hydrogen-bond donors (Lipinski definition) is 1. The highest BCUT2D eigenvalue weighted by atomic mass is 16.5. The first-order valence-corrected chi connectivity index (χ1v) is 9.51. The van der Waals surface area contributed by atoms with Gasteiger partial charge in [-0.2, -0.15) is 0 Å². The number of amides is 1. The van der Waals surface area contributed by atoms with E-state index in [0.717, 1.165) is 45.8 Å². The number of piperazine rings is 1. The molecule has 25 heavy (non-hydrogen) atoms. The number of nitrogens with zero attached hydrogens (tertiary/aromatic N) is 2. The quantitative estimate of drug-likeness (QED) is 0.884. The Kier molecular flexibility index (Phi) is 6.10. The summed E-state index contributed by atoms with van der Waals surface area (Å²) in [5.74, 6) is 0.132. The summed E-state index contributed by atoms with van der Waals surface area (Å²) in [6, 6.07) is 8.78. The number of rotatable bonds is 5. The Morgan fingerprint density at radius 2 is 1.92 bits per heavy atom. The van der Waals surface area contributed by atoms with Crippen molar-refractivity contribution in [2.24, 2.45) is 0 Å². The molecule has 2 aliphatic rings. The van der Waals surface area contributed by atoms with Crippen LogP contribution in [0.5, 0.6) is 0 Å². The number of nitrogens with one attached hydrogen (secondary N) is 1. The summed E-state index contributed by atoms with van der Waals surface area (Å²) < 4.78 is 6.04. The first-order valence-electron chi connectivity index (χ1n) is 9.51. The van der Waals surface area contributed by atoms with Gasteiger partial charge in [0.05, 0.1) is 18.8 Å². The fourth-order valence-corrected chi connectivity index (χ4v) is 3.77. The lowest BCUT2D eigenvalue weighted by Gasteiger charge is -2.39. The molecule has 0 unspecified atom stereocenters. The number of benzene rings is 1. The van der Waals surface area contributed by atoms with E-state index in [1.165, 1.54) is 11.1 Å². The first-order chi connectivity index (χ1) is 12.0. The zero-order valence-electron chi connectivity index (χ0n) is 15.7.